The number of sulfonamides is 1. The summed E-state index contributed by atoms with van der Waals surface area (Å²) in [5.74, 6) is -0.231. The van der Waals surface area contributed by atoms with E-state index in [9.17, 15) is 8.42 Å². The number of rotatable bonds is 7. The van der Waals surface area contributed by atoms with Crippen molar-refractivity contribution >= 4 is 10.0 Å². The molecule has 0 radical (unpaired) electrons. The van der Waals surface area contributed by atoms with Gasteiger partial charge in [0.15, 0.2) is 0 Å². The number of hydrogen-bond donors (Lipinski definition) is 2. The first kappa shape index (κ1) is 14.8. The molecule has 0 amide bonds. The number of aliphatic hydroxyl groups excluding tert-OH is 1. The first-order chi connectivity index (χ1) is 6.68. The molecule has 0 saturated heterocycles. The van der Waals surface area contributed by atoms with Gasteiger partial charge in [0.1, 0.15) is 0 Å². The van der Waals surface area contributed by atoms with E-state index in [1.165, 1.54) is 0 Å². The number of hydrogen-bond acceptors (Lipinski definition) is 4. The Kier molecular flexibility index (Phi) is 5.72. The molecule has 5 nitrogen and oxygen atoms in total. The van der Waals surface area contributed by atoms with E-state index in [1.807, 2.05) is 32.8 Å². The van der Waals surface area contributed by atoms with E-state index in [0.29, 0.717) is 6.54 Å². The maximum atomic E-state index is 11.3. The summed E-state index contributed by atoms with van der Waals surface area (Å²) in [6.07, 6.45) is 0. The summed E-state index contributed by atoms with van der Waals surface area (Å²) in [5.41, 5.74) is -0.119. The smallest absolute Gasteiger partial charge is 0.213 e. The van der Waals surface area contributed by atoms with Crippen molar-refractivity contribution in [3.8, 4) is 0 Å². The van der Waals surface area contributed by atoms with Gasteiger partial charge in [0, 0.05) is 13.1 Å². The summed E-state index contributed by atoms with van der Waals surface area (Å²) in [5, 5.41) is 8.55. The Morgan fingerprint density at radius 2 is 1.87 bits per heavy atom. The minimum Gasteiger partial charge on any atom is -0.395 e. The Morgan fingerprint density at radius 3 is 2.27 bits per heavy atom. The topological polar surface area (TPSA) is 69.6 Å². The highest BCUT2D eigenvalue weighted by Gasteiger charge is 2.21. The SMILES string of the molecule is CN(C)CC(C)(C)CNS(=O)(=O)CCO. The number of aliphatic hydroxyl groups is 1. The quantitative estimate of drug-likeness (QED) is 0.626. The van der Waals surface area contributed by atoms with Crippen LogP contribution in [0.4, 0.5) is 0 Å². The van der Waals surface area contributed by atoms with Gasteiger partial charge in [-0.2, -0.15) is 0 Å². The van der Waals surface area contributed by atoms with Crippen molar-refractivity contribution in [3.05, 3.63) is 0 Å². The molecule has 0 spiro atoms. The number of nitrogens with zero attached hydrogens (tertiary/aromatic N) is 1. The largest absolute Gasteiger partial charge is 0.395 e. The van der Waals surface area contributed by atoms with Crippen molar-refractivity contribution in [1.29, 1.82) is 0 Å². The molecular weight excluding hydrogens is 216 g/mol. The highest BCUT2D eigenvalue weighted by atomic mass is 32.2. The van der Waals surface area contributed by atoms with Crippen molar-refractivity contribution in [1.82, 2.24) is 9.62 Å². The summed E-state index contributed by atoms with van der Waals surface area (Å²) in [6, 6.07) is 0. The molecule has 0 aromatic rings. The van der Waals surface area contributed by atoms with E-state index in [2.05, 4.69) is 4.72 Å². The molecule has 0 aliphatic rings. The van der Waals surface area contributed by atoms with Gasteiger partial charge >= 0.3 is 0 Å². The van der Waals surface area contributed by atoms with Crippen LogP contribution in [0.3, 0.4) is 0 Å². The Bertz CT molecular complexity index is 273. The standard InChI is InChI=1S/C9H22N2O3S/c1-9(2,8-11(3)4)7-10-15(13,14)6-5-12/h10,12H,5-8H2,1-4H3. The van der Waals surface area contributed by atoms with Crippen LogP contribution in [0.2, 0.25) is 0 Å². The predicted octanol–water partition coefficient (Wildman–Crippen LogP) is -0.514. The zero-order chi connectivity index (χ0) is 12.1. The Labute approximate surface area is 92.5 Å². The van der Waals surface area contributed by atoms with E-state index in [4.69, 9.17) is 5.11 Å². The van der Waals surface area contributed by atoms with E-state index < -0.39 is 10.0 Å². The van der Waals surface area contributed by atoms with Crippen molar-refractivity contribution in [2.75, 3.05) is 39.5 Å². The van der Waals surface area contributed by atoms with Crippen LogP contribution in [0, 0.1) is 5.41 Å². The van der Waals surface area contributed by atoms with Gasteiger partial charge in [0.05, 0.1) is 12.4 Å². The summed E-state index contributed by atoms with van der Waals surface area (Å²) < 4.78 is 25.0. The van der Waals surface area contributed by atoms with Crippen molar-refractivity contribution in [2.45, 2.75) is 13.8 Å². The second-order valence-corrected chi connectivity index (χ2v) is 6.69. The molecule has 0 aromatic heterocycles. The summed E-state index contributed by atoms with van der Waals surface area (Å²) in [6.45, 7) is 4.83. The third-order valence-electron chi connectivity index (χ3n) is 1.87. The van der Waals surface area contributed by atoms with Crippen molar-refractivity contribution in [2.24, 2.45) is 5.41 Å². The van der Waals surface area contributed by atoms with Crippen LogP contribution in [0.1, 0.15) is 13.8 Å². The maximum Gasteiger partial charge on any atom is 0.213 e. The molecule has 0 bridgehead atoms. The first-order valence-electron chi connectivity index (χ1n) is 4.91. The zero-order valence-corrected chi connectivity index (χ0v) is 10.8. The monoisotopic (exact) mass is 238 g/mol. The highest BCUT2D eigenvalue weighted by Crippen LogP contribution is 2.14. The lowest BCUT2D eigenvalue weighted by atomic mass is 9.93. The third-order valence-corrected chi connectivity index (χ3v) is 3.18. The molecule has 0 rings (SSSR count). The molecular formula is C9H22N2O3S. The second kappa shape index (κ2) is 5.79. The molecule has 2 N–H and O–H groups in total. The summed E-state index contributed by atoms with van der Waals surface area (Å²) in [7, 11) is 0.578. The fourth-order valence-corrected chi connectivity index (χ4v) is 2.40. The second-order valence-electron chi connectivity index (χ2n) is 4.77. The van der Waals surface area contributed by atoms with Gasteiger partial charge in [-0.05, 0) is 19.5 Å². The van der Waals surface area contributed by atoms with Gasteiger partial charge < -0.3 is 10.0 Å². The predicted molar refractivity (Wildman–Crippen MR) is 61.2 cm³/mol. The van der Waals surface area contributed by atoms with E-state index in [1.54, 1.807) is 0 Å². The Hall–Kier alpha value is -0.170. The van der Waals surface area contributed by atoms with Gasteiger partial charge in [-0.15, -0.1) is 0 Å². The molecule has 6 heteroatoms. The molecule has 0 atom stereocenters. The normalized spacial score (nSPS) is 13.5. The highest BCUT2D eigenvalue weighted by molar-refractivity contribution is 7.89. The summed E-state index contributed by atoms with van der Waals surface area (Å²) in [4.78, 5) is 2.01. The van der Waals surface area contributed by atoms with Crippen LogP contribution in [-0.4, -0.2) is 58.0 Å². The van der Waals surface area contributed by atoms with Gasteiger partial charge in [0.2, 0.25) is 10.0 Å². The van der Waals surface area contributed by atoms with Gasteiger partial charge in [-0.3, -0.25) is 0 Å². The first-order valence-corrected chi connectivity index (χ1v) is 6.57. The summed E-state index contributed by atoms with van der Waals surface area (Å²) >= 11 is 0. The average Bonchev–Trinajstić information content (AvgIpc) is 1.99. The van der Waals surface area contributed by atoms with Crippen LogP contribution in [0.5, 0.6) is 0 Å². The van der Waals surface area contributed by atoms with Crippen molar-refractivity contribution in [3.63, 3.8) is 0 Å². The lowest BCUT2D eigenvalue weighted by molar-refractivity contribution is 0.242. The average molecular weight is 238 g/mol. The van der Waals surface area contributed by atoms with Crippen LogP contribution < -0.4 is 4.72 Å². The van der Waals surface area contributed by atoms with Crippen LogP contribution >= 0.6 is 0 Å². The Balaban J connectivity index is 4.14. The van der Waals surface area contributed by atoms with Gasteiger partial charge in [-0.1, -0.05) is 13.8 Å². The molecule has 0 fully saturated rings. The molecule has 0 aliphatic heterocycles. The van der Waals surface area contributed by atoms with Crippen LogP contribution in [0.25, 0.3) is 0 Å². The minimum absolute atomic E-state index is 0.119. The van der Waals surface area contributed by atoms with E-state index >= 15 is 0 Å². The molecule has 0 aromatic carbocycles. The fourth-order valence-electron chi connectivity index (χ4n) is 1.41. The molecule has 0 saturated carbocycles. The molecule has 92 valence electrons. The zero-order valence-electron chi connectivity index (χ0n) is 9.95. The molecule has 0 unspecified atom stereocenters. The molecule has 15 heavy (non-hydrogen) atoms. The third kappa shape index (κ3) is 7.72. The fraction of sp³-hybridized carbons (Fsp3) is 1.00. The minimum atomic E-state index is -3.32. The lowest BCUT2D eigenvalue weighted by Gasteiger charge is -2.28. The van der Waals surface area contributed by atoms with Crippen LogP contribution in [-0.2, 0) is 10.0 Å². The van der Waals surface area contributed by atoms with Gasteiger partial charge in [-0.25, -0.2) is 13.1 Å². The van der Waals surface area contributed by atoms with Crippen LogP contribution in [0.15, 0.2) is 0 Å². The van der Waals surface area contributed by atoms with E-state index in [-0.39, 0.29) is 17.8 Å². The Morgan fingerprint density at radius 1 is 1.33 bits per heavy atom. The molecule has 0 heterocycles. The molecule has 0 aliphatic carbocycles. The van der Waals surface area contributed by atoms with Gasteiger partial charge in [0.25, 0.3) is 0 Å². The maximum absolute atomic E-state index is 11.3. The van der Waals surface area contributed by atoms with E-state index in [0.717, 1.165) is 6.54 Å². The lowest BCUT2D eigenvalue weighted by Crippen LogP contribution is -2.41. The van der Waals surface area contributed by atoms with Crippen molar-refractivity contribution < 1.29 is 13.5 Å². The number of nitrogens with one attached hydrogen (secondary N) is 1.